The van der Waals surface area contributed by atoms with E-state index in [1.165, 1.54) is 9.83 Å². The van der Waals surface area contributed by atoms with Gasteiger partial charge in [-0.3, -0.25) is 4.79 Å². The number of benzene rings is 2. The second-order valence-corrected chi connectivity index (χ2v) is 8.30. The third-order valence-corrected chi connectivity index (χ3v) is 5.92. The Morgan fingerprint density at radius 1 is 1.05 bits per heavy atom. The Labute approximate surface area is 144 Å². The van der Waals surface area contributed by atoms with Crippen LogP contribution in [-0.4, -0.2) is 18.2 Å². The molecule has 116 valence electrons. The fourth-order valence-electron chi connectivity index (χ4n) is 2.39. The van der Waals surface area contributed by atoms with Gasteiger partial charge in [-0.05, 0) is 27.9 Å². The van der Waals surface area contributed by atoms with Gasteiger partial charge in [-0.15, -0.1) is 0 Å². The van der Waals surface area contributed by atoms with Crippen LogP contribution < -0.4 is 5.32 Å². The molecule has 5 heteroatoms. The fraction of sp³-hybridized carbons (Fsp3) is 0.235. The molecule has 0 heterocycles. The van der Waals surface area contributed by atoms with Crippen molar-refractivity contribution in [3.63, 3.8) is 0 Å². The van der Waals surface area contributed by atoms with E-state index in [1.54, 1.807) is 10.8 Å². The monoisotopic (exact) mass is 349 g/mol. The van der Waals surface area contributed by atoms with E-state index in [0.717, 1.165) is 16.9 Å². The van der Waals surface area contributed by atoms with Gasteiger partial charge in [-0.1, -0.05) is 83.1 Å². The maximum atomic E-state index is 12.9. The average molecular weight is 350 g/mol. The van der Waals surface area contributed by atoms with Gasteiger partial charge in [0.25, 0.3) is 0 Å². The highest BCUT2D eigenvalue weighted by Crippen LogP contribution is 2.32. The Morgan fingerprint density at radius 3 is 2.00 bits per heavy atom. The molecule has 1 amide bonds. The van der Waals surface area contributed by atoms with Crippen LogP contribution in [0.4, 0.5) is 0 Å². The van der Waals surface area contributed by atoms with Crippen molar-refractivity contribution in [1.82, 2.24) is 5.32 Å². The van der Waals surface area contributed by atoms with E-state index >= 15 is 0 Å². The van der Waals surface area contributed by atoms with Gasteiger partial charge in [0.05, 0.1) is 5.41 Å². The molecule has 2 aromatic rings. The summed E-state index contributed by atoms with van der Waals surface area (Å²) in [4.78, 5) is 12.9. The molecule has 22 heavy (non-hydrogen) atoms. The lowest BCUT2D eigenvalue weighted by atomic mass is 9.75. The van der Waals surface area contributed by atoms with Crippen molar-refractivity contribution in [3.05, 3.63) is 71.8 Å². The maximum Gasteiger partial charge on any atom is 0.234 e. The standard InChI is InChI=1S/C17H19NOS3/c1-17(14-8-4-2-5-9-14,15-10-6-3-7-11-15)16(19)18-12-13-21-22-20/h2-11,20H,12-13H2,1H3,(H,18,19). The predicted molar refractivity (Wildman–Crippen MR) is 101 cm³/mol. The molecule has 0 radical (unpaired) electrons. The van der Waals surface area contributed by atoms with Crippen LogP contribution in [0.25, 0.3) is 0 Å². The molecule has 0 unspecified atom stereocenters. The van der Waals surface area contributed by atoms with Gasteiger partial charge in [0.2, 0.25) is 5.91 Å². The molecule has 0 aliphatic carbocycles. The normalized spacial score (nSPS) is 11.2. The minimum atomic E-state index is -0.693. The molecule has 0 bridgehead atoms. The second-order valence-electron chi connectivity index (χ2n) is 5.01. The minimum absolute atomic E-state index is 0.0228. The molecule has 2 rings (SSSR count). The van der Waals surface area contributed by atoms with E-state index in [1.807, 2.05) is 67.6 Å². The van der Waals surface area contributed by atoms with Crippen molar-refractivity contribution >= 4 is 38.2 Å². The smallest absolute Gasteiger partial charge is 0.234 e. The first-order chi connectivity index (χ1) is 10.7. The zero-order valence-corrected chi connectivity index (χ0v) is 14.9. The van der Waals surface area contributed by atoms with Crippen molar-refractivity contribution in [1.29, 1.82) is 0 Å². The number of rotatable bonds is 7. The van der Waals surface area contributed by atoms with E-state index in [4.69, 9.17) is 0 Å². The van der Waals surface area contributed by atoms with Crippen molar-refractivity contribution < 1.29 is 4.79 Å². The number of carbonyl (C=O) groups excluding carboxylic acids is 1. The van der Waals surface area contributed by atoms with Gasteiger partial charge in [0.15, 0.2) is 0 Å². The van der Waals surface area contributed by atoms with Crippen molar-refractivity contribution in [2.75, 3.05) is 12.3 Å². The van der Waals surface area contributed by atoms with Gasteiger partial charge in [-0.25, -0.2) is 0 Å². The third kappa shape index (κ3) is 4.03. The van der Waals surface area contributed by atoms with Gasteiger partial charge < -0.3 is 5.32 Å². The Morgan fingerprint density at radius 2 is 1.55 bits per heavy atom. The Hall–Kier alpha value is -1.04. The molecule has 1 N–H and O–H groups in total. The van der Waals surface area contributed by atoms with Crippen LogP contribution in [0.15, 0.2) is 60.7 Å². The number of nitrogens with one attached hydrogen (secondary N) is 1. The topological polar surface area (TPSA) is 29.1 Å². The molecule has 0 aliphatic heterocycles. The predicted octanol–water partition coefficient (Wildman–Crippen LogP) is 4.34. The number of amides is 1. The van der Waals surface area contributed by atoms with Gasteiger partial charge in [-0.2, -0.15) is 0 Å². The molecular formula is C17H19NOS3. The maximum absolute atomic E-state index is 12.9. The number of hydrogen-bond acceptors (Lipinski definition) is 4. The molecule has 0 aromatic heterocycles. The average Bonchev–Trinajstić information content (AvgIpc) is 2.59. The quantitative estimate of drug-likeness (QED) is 0.443. The molecule has 2 aromatic carbocycles. The van der Waals surface area contributed by atoms with Crippen LogP contribution in [0.2, 0.25) is 0 Å². The third-order valence-electron chi connectivity index (χ3n) is 3.68. The summed E-state index contributed by atoms with van der Waals surface area (Å²) in [5.74, 6) is 0.856. The molecule has 0 saturated heterocycles. The summed E-state index contributed by atoms with van der Waals surface area (Å²) in [6, 6.07) is 19.8. The number of hydrogen-bond donors (Lipinski definition) is 2. The Bertz CT molecular complexity index is 550. The van der Waals surface area contributed by atoms with E-state index in [-0.39, 0.29) is 5.91 Å². The van der Waals surface area contributed by atoms with Crippen LogP contribution in [0.1, 0.15) is 18.1 Å². The number of thiol groups is 1. The lowest BCUT2D eigenvalue weighted by molar-refractivity contribution is -0.124. The van der Waals surface area contributed by atoms with Crippen molar-refractivity contribution in [3.8, 4) is 0 Å². The van der Waals surface area contributed by atoms with E-state index in [9.17, 15) is 4.79 Å². The molecule has 2 nitrogen and oxygen atoms in total. The van der Waals surface area contributed by atoms with Crippen LogP contribution in [0, 0.1) is 0 Å². The van der Waals surface area contributed by atoms with Crippen LogP contribution in [0.3, 0.4) is 0 Å². The number of carbonyl (C=O) groups is 1. The summed E-state index contributed by atoms with van der Waals surface area (Å²) < 4.78 is 0. The summed E-state index contributed by atoms with van der Waals surface area (Å²) in [7, 11) is 3.03. The molecule has 0 aliphatic rings. The molecule has 0 atom stereocenters. The zero-order valence-electron chi connectivity index (χ0n) is 12.4. The molecule has 0 spiro atoms. The van der Waals surface area contributed by atoms with E-state index in [2.05, 4.69) is 17.0 Å². The van der Waals surface area contributed by atoms with Crippen molar-refractivity contribution in [2.45, 2.75) is 12.3 Å². The highest BCUT2D eigenvalue weighted by molar-refractivity contribution is 9.05. The Balaban J connectivity index is 2.28. The highest BCUT2D eigenvalue weighted by atomic mass is 33.5. The summed E-state index contributed by atoms with van der Waals surface area (Å²) in [5, 5.41) is 3.05. The summed E-state index contributed by atoms with van der Waals surface area (Å²) >= 11 is 4.08. The zero-order chi connectivity index (χ0) is 15.8. The molecule has 0 saturated carbocycles. The Kier molecular flexibility index (Phi) is 6.73. The van der Waals surface area contributed by atoms with Crippen LogP contribution in [-0.2, 0) is 10.2 Å². The van der Waals surface area contributed by atoms with Crippen LogP contribution in [0.5, 0.6) is 0 Å². The van der Waals surface area contributed by atoms with E-state index in [0.29, 0.717) is 6.54 Å². The molecular weight excluding hydrogens is 330 g/mol. The molecule has 0 fully saturated rings. The van der Waals surface area contributed by atoms with Crippen LogP contribution >= 0.6 is 32.3 Å². The fourth-order valence-corrected chi connectivity index (χ4v) is 3.80. The highest BCUT2D eigenvalue weighted by Gasteiger charge is 2.36. The van der Waals surface area contributed by atoms with Gasteiger partial charge in [0, 0.05) is 12.3 Å². The largest absolute Gasteiger partial charge is 0.354 e. The van der Waals surface area contributed by atoms with Gasteiger partial charge in [0.1, 0.15) is 0 Å². The summed E-state index contributed by atoms with van der Waals surface area (Å²) in [5.41, 5.74) is 1.30. The minimum Gasteiger partial charge on any atom is -0.354 e. The first kappa shape index (κ1) is 17.3. The lowest BCUT2D eigenvalue weighted by Gasteiger charge is -2.29. The summed E-state index contributed by atoms with van der Waals surface area (Å²) in [6.45, 7) is 2.61. The SMILES string of the molecule is CC(C(=O)NCCSSS)(c1ccccc1)c1ccccc1. The second kappa shape index (κ2) is 8.56. The lowest BCUT2D eigenvalue weighted by Crippen LogP contribution is -2.43. The van der Waals surface area contributed by atoms with E-state index < -0.39 is 5.41 Å². The summed E-state index contributed by atoms with van der Waals surface area (Å²) in [6.07, 6.45) is 0. The van der Waals surface area contributed by atoms with Gasteiger partial charge >= 0.3 is 0 Å². The first-order valence-corrected chi connectivity index (χ1v) is 10.4. The van der Waals surface area contributed by atoms with Crippen molar-refractivity contribution in [2.24, 2.45) is 0 Å². The first-order valence-electron chi connectivity index (χ1n) is 7.02.